The summed E-state index contributed by atoms with van der Waals surface area (Å²) in [5.74, 6) is 0.577. The molecule has 3 N–H and O–H groups in total. The molecule has 0 bridgehead atoms. The van der Waals surface area contributed by atoms with Crippen LogP contribution in [-0.2, 0) is 15.6 Å². The number of hydrogen-bond acceptors (Lipinski definition) is 3. The summed E-state index contributed by atoms with van der Waals surface area (Å²) in [5.41, 5.74) is 5.90. The van der Waals surface area contributed by atoms with Crippen molar-refractivity contribution in [2.45, 2.75) is 64.0 Å². The fourth-order valence-corrected chi connectivity index (χ4v) is 3.65. The van der Waals surface area contributed by atoms with Crippen LogP contribution < -0.4 is 11.1 Å². The van der Waals surface area contributed by atoms with Crippen LogP contribution in [0, 0.1) is 5.41 Å². The molecule has 1 rings (SSSR count). The minimum Gasteiger partial charge on any atom is -0.355 e. The molecule has 126 valence electrons. The smallest absolute Gasteiger partial charge is 0.220 e. The molecular weight excluding hydrogens is 308 g/mol. The van der Waals surface area contributed by atoms with Crippen LogP contribution in [0.5, 0.6) is 0 Å². The number of rotatable bonds is 6. The molecule has 1 aliphatic carbocycles. The summed E-state index contributed by atoms with van der Waals surface area (Å²) < 4.78 is 11.7. The molecule has 1 aliphatic rings. The van der Waals surface area contributed by atoms with Gasteiger partial charge in [-0.25, -0.2) is 0 Å². The summed E-state index contributed by atoms with van der Waals surface area (Å²) in [7, 11) is -0.912. The molecule has 0 aromatic carbocycles. The predicted molar refractivity (Wildman–Crippen MR) is 92.2 cm³/mol. The van der Waals surface area contributed by atoms with Crippen molar-refractivity contribution in [1.29, 1.82) is 0 Å². The number of nitrogens with two attached hydrogens (primary N) is 1. The van der Waals surface area contributed by atoms with Gasteiger partial charge in [-0.05, 0) is 45.6 Å². The van der Waals surface area contributed by atoms with Crippen LogP contribution >= 0.6 is 12.4 Å². The van der Waals surface area contributed by atoms with E-state index in [0.717, 1.165) is 12.8 Å². The molecule has 0 saturated heterocycles. The number of halogens is 1. The lowest BCUT2D eigenvalue weighted by atomic mass is 9.72. The van der Waals surface area contributed by atoms with Crippen LogP contribution in [0.1, 0.15) is 59.3 Å². The largest absolute Gasteiger partial charge is 0.355 e. The highest BCUT2D eigenvalue weighted by molar-refractivity contribution is 7.86. The van der Waals surface area contributed by atoms with E-state index >= 15 is 0 Å². The van der Waals surface area contributed by atoms with E-state index in [9.17, 15) is 9.00 Å². The predicted octanol–water partition coefficient (Wildman–Crippen LogP) is 2.37. The Balaban J connectivity index is 0.00000400. The van der Waals surface area contributed by atoms with E-state index in [-0.39, 0.29) is 28.5 Å². The van der Waals surface area contributed by atoms with Crippen LogP contribution in [0.2, 0.25) is 0 Å². The SMILES string of the molecule is CC(C)(C)S(=O)CCNC(=O)CC1(CN)CCCCC1.Cl. The molecule has 1 amide bonds. The second-order valence-electron chi connectivity index (χ2n) is 6.95. The maximum absolute atomic E-state index is 12.0. The van der Waals surface area contributed by atoms with Crippen molar-refractivity contribution in [1.82, 2.24) is 5.32 Å². The summed E-state index contributed by atoms with van der Waals surface area (Å²) in [6.07, 6.45) is 6.26. The molecule has 1 saturated carbocycles. The van der Waals surface area contributed by atoms with Crippen LogP contribution in [-0.4, -0.2) is 33.7 Å². The zero-order chi connectivity index (χ0) is 15.2. The first kappa shape index (κ1) is 20.9. The van der Waals surface area contributed by atoms with Crippen molar-refractivity contribution >= 4 is 29.1 Å². The Morgan fingerprint density at radius 1 is 1.24 bits per heavy atom. The number of carbonyl (C=O) groups is 1. The standard InChI is InChI=1S/C15H30N2O2S.ClH/c1-14(2,3)20(19)10-9-17-13(18)11-15(12-16)7-5-4-6-8-15;/h4-12,16H2,1-3H3,(H,17,18);1H. The van der Waals surface area contributed by atoms with Crippen molar-refractivity contribution in [2.75, 3.05) is 18.8 Å². The van der Waals surface area contributed by atoms with Crippen LogP contribution in [0.4, 0.5) is 0 Å². The van der Waals surface area contributed by atoms with E-state index in [1.165, 1.54) is 19.3 Å². The van der Waals surface area contributed by atoms with Gasteiger partial charge in [0.05, 0.1) is 0 Å². The van der Waals surface area contributed by atoms with Gasteiger partial charge in [-0.3, -0.25) is 9.00 Å². The van der Waals surface area contributed by atoms with Crippen molar-refractivity contribution < 1.29 is 9.00 Å². The fourth-order valence-electron chi connectivity index (χ4n) is 2.75. The summed E-state index contributed by atoms with van der Waals surface area (Å²) in [6, 6.07) is 0. The first-order valence-electron chi connectivity index (χ1n) is 7.64. The molecule has 4 nitrogen and oxygen atoms in total. The quantitative estimate of drug-likeness (QED) is 0.781. The average Bonchev–Trinajstić information content (AvgIpc) is 2.38. The van der Waals surface area contributed by atoms with Gasteiger partial charge in [0.1, 0.15) is 0 Å². The van der Waals surface area contributed by atoms with Crippen molar-refractivity contribution in [3.05, 3.63) is 0 Å². The van der Waals surface area contributed by atoms with E-state index in [1.54, 1.807) is 0 Å². The molecule has 0 aromatic heterocycles. The monoisotopic (exact) mass is 338 g/mol. The Kier molecular flexibility index (Phi) is 9.05. The van der Waals surface area contributed by atoms with Gasteiger partial charge in [0.2, 0.25) is 5.91 Å². The first-order valence-corrected chi connectivity index (χ1v) is 8.96. The molecule has 0 spiro atoms. The summed E-state index contributed by atoms with van der Waals surface area (Å²) in [5, 5.41) is 2.90. The van der Waals surface area contributed by atoms with Crippen molar-refractivity contribution in [3.63, 3.8) is 0 Å². The fraction of sp³-hybridized carbons (Fsp3) is 0.933. The van der Waals surface area contributed by atoms with Crippen LogP contribution in [0.3, 0.4) is 0 Å². The van der Waals surface area contributed by atoms with Gasteiger partial charge in [0.25, 0.3) is 0 Å². The van der Waals surface area contributed by atoms with Crippen molar-refractivity contribution in [2.24, 2.45) is 11.1 Å². The maximum atomic E-state index is 12.0. The highest BCUT2D eigenvalue weighted by atomic mass is 35.5. The Labute approximate surface area is 137 Å². The molecule has 0 heterocycles. The Bertz CT molecular complexity index is 350. The third kappa shape index (κ3) is 7.11. The highest BCUT2D eigenvalue weighted by Gasteiger charge is 2.32. The van der Waals surface area contributed by atoms with Gasteiger partial charge >= 0.3 is 0 Å². The molecular formula is C15H31ClN2O2S. The minimum atomic E-state index is -0.912. The Morgan fingerprint density at radius 2 is 1.81 bits per heavy atom. The number of amides is 1. The zero-order valence-electron chi connectivity index (χ0n) is 13.6. The first-order chi connectivity index (χ1) is 9.29. The van der Waals surface area contributed by atoms with E-state index in [2.05, 4.69) is 5.32 Å². The van der Waals surface area contributed by atoms with Gasteiger partial charge in [-0.1, -0.05) is 19.3 Å². The molecule has 0 radical (unpaired) electrons. The van der Waals surface area contributed by atoms with Gasteiger partial charge in [0.15, 0.2) is 0 Å². The van der Waals surface area contributed by atoms with E-state index < -0.39 is 10.8 Å². The third-order valence-electron chi connectivity index (χ3n) is 4.18. The van der Waals surface area contributed by atoms with Gasteiger partial charge in [-0.2, -0.15) is 0 Å². The Hall–Kier alpha value is -0.130. The lowest BCUT2D eigenvalue weighted by molar-refractivity contribution is -0.123. The summed E-state index contributed by atoms with van der Waals surface area (Å²) >= 11 is 0. The number of carbonyl (C=O) groups excluding carboxylic acids is 1. The van der Waals surface area contributed by atoms with E-state index in [4.69, 9.17) is 5.73 Å². The maximum Gasteiger partial charge on any atom is 0.220 e. The van der Waals surface area contributed by atoms with Gasteiger partial charge < -0.3 is 11.1 Å². The van der Waals surface area contributed by atoms with Gasteiger partial charge in [-0.15, -0.1) is 12.4 Å². The Morgan fingerprint density at radius 3 is 2.29 bits per heavy atom. The zero-order valence-corrected chi connectivity index (χ0v) is 15.2. The second kappa shape index (κ2) is 9.11. The minimum absolute atomic E-state index is 0. The van der Waals surface area contributed by atoms with E-state index in [0.29, 0.717) is 25.3 Å². The molecule has 0 aromatic rings. The number of hydrogen-bond donors (Lipinski definition) is 2. The van der Waals surface area contributed by atoms with Crippen LogP contribution in [0.25, 0.3) is 0 Å². The van der Waals surface area contributed by atoms with Crippen LogP contribution in [0.15, 0.2) is 0 Å². The molecule has 1 unspecified atom stereocenters. The summed E-state index contributed by atoms with van der Waals surface area (Å²) in [6.45, 7) is 6.95. The molecule has 6 heteroatoms. The topological polar surface area (TPSA) is 72.2 Å². The van der Waals surface area contributed by atoms with E-state index in [1.807, 2.05) is 20.8 Å². The lowest BCUT2D eigenvalue weighted by Crippen LogP contribution is -2.40. The third-order valence-corrected chi connectivity index (χ3v) is 6.12. The molecule has 0 aliphatic heterocycles. The normalized spacial score (nSPS) is 19.4. The second-order valence-corrected chi connectivity index (χ2v) is 9.28. The molecule has 1 atom stereocenters. The molecule has 21 heavy (non-hydrogen) atoms. The van der Waals surface area contributed by atoms with Gasteiger partial charge in [0, 0.05) is 34.3 Å². The number of nitrogens with one attached hydrogen (secondary N) is 1. The molecule has 1 fully saturated rings. The lowest BCUT2D eigenvalue weighted by Gasteiger charge is -2.35. The van der Waals surface area contributed by atoms with Crippen molar-refractivity contribution in [3.8, 4) is 0 Å². The summed E-state index contributed by atoms with van der Waals surface area (Å²) in [4.78, 5) is 12.0. The highest BCUT2D eigenvalue weighted by Crippen LogP contribution is 2.38. The average molecular weight is 339 g/mol.